The monoisotopic (exact) mass is 538 g/mol. The number of rotatable bonds is 7. The second-order valence-corrected chi connectivity index (χ2v) is 6.88. The maximum atomic E-state index is 12.2. The van der Waals surface area contributed by atoms with Gasteiger partial charge in [-0.25, -0.2) is 4.98 Å². The Morgan fingerprint density at radius 3 is 2.45 bits per heavy atom. The van der Waals surface area contributed by atoms with Gasteiger partial charge in [0.15, 0.2) is 5.96 Å². The van der Waals surface area contributed by atoms with E-state index < -0.39 is 0 Å². The summed E-state index contributed by atoms with van der Waals surface area (Å²) in [4.78, 5) is 25.9. The van der Waals surface area contributed by atoms with Gasteiger partial charge in [-0.2, -0.15) is 0 Å². The lowest BCUT2D eigenvalue weighted by atomic mass is 10.2. The van der Waals surface area contributed by atoms with Crippen molar-refractivity contribution in [3.63, 3.8) is 0 Å². The van der Waals surface area contributed by atoms with Gasteiger partial charge in [0.1, 0.15) is 11.6 Å². The maximum Gasteiger partial charge on any atom is 0.251 e. The molecule has 1 aliphatic rings. The average molecular weight is 538 g/mol. The number of halogens is 1. The fraction of sp³-hybridized carbons (Fsp3) is 0.409. The fourth-order valence-electron chi connectivity index (χ4n) is 3.29. The van der Waals surface area contributed by atoms with E-state index in [1.54, 1.807) is 31.4 Å². The van der Waals surface area contributed by atoms with E-state index in [-0.39, 0.29) is 29.9 Å². The van der Waals surface area contributed by atoms with Crippen LogP contribution in [0.1, 0.15) is 17.3 Å². The molecule has 0 unspecified atom stereocenters. The van der Waals surface area contributed by atoms with Crippen molar-refractivity contribution in [2.75, 3.05) is 57.8 Å². The summed E-state index contributed by atoms with van der Waals surface area (Å²) in [6.07, 6.45) is 1.83. The van der Waals surface area contributed by atoms with Gasteiger partial charge in [0.05, 0.1) is 13.7 Å². The second kappa shape index (κ2) is 13.0. The Morgan fingerprint density at radius 1 is 1.10 bits per heavy atom. The lowest BCUT2D eigenvalue weighted by Gasteiger charge is -2.37. The molecule has 8 nitrogen and oxygen atoms in total. The highest BCUT2D eigenvalue weighted by Crippen LogP contribution is 2.13. The normalized spacial score (nSPS) is 13.9. The average Bonchev–Trinajstić information content (AvgIpc) is 2.81. The second-order valence-electron chi connectivity index (χ2n) is 6.88. The van der Waals surface area contributed by atoms with Gasteiger partial charge in [0, 0.05) is 51.0 Å². The quantitative estimate of drug-likeness (QED) is 0.244. The van der Waals surface area contributed by atoms with Crippen LogP contribution in [-0.2, 0) is 0 Å². The van der Waals surface area contributed by atoms with Crippen molar-refractivity contribution in [2.45, 2.75) is 6.92 Å². The number of piperazine rings is 1. The lowest BCUT2D eigenvalue weighted by molar-refractivity contribution is 0.0954. The first-order valence-electron chi connectivity index (χ1n) is 10.3. The largest absolute Gasteiger partial charge is 0.497 e. The Hall–Kier alpha value is -2.56. The molecule has 1 aliphatic heterocycles. The van der Waals surface area contributed by atoms with Crippen molar-refractivity contribution >= 4 is 41.7 Å². The number of hydrogen-bond acceptors (Lipinski definition) is 5. The van der Waals surface area contributed by atoms with Gasteiger partial charge in [0.25, 0.3) is 5.91 Å². The third kappa shape index (κ3) is 7.27. The van der Waals surface area contributed by atoms with Crippen molar-refractivity contribution in [3.05, 3.63) is 54.2 Å². The molecule has 0 aliphatic carbocycles. The van der Waals surface area contributed by atoms with Gasteiger partial charge in [-0.1, -0.05) is 6.07 Å². The number of guanidine groups is 1. The molecule has 3 rings (SSSR count). The van der Waals surface area contributed by atoms with Crippen LogP contribution in [0.4, 0.5) is 5.82 Å². The number of amides is 1. The predicted octanol–water partition coefficient (Wildman–Crippen LogP) is 2.23. The van der Waals surface area contributed by atoms with Gasteiger partial charge in [-0.05, 0) is 43.3 Å². The zero-order chi connectivity index (χ0) is 21.2. The molecule has 2 heterocycles. The van der Waals surface area contributed by atoms with Gasteiger partial charge in [-0.3, -0.25) is 9.79 Å². The summed E-state index contributed by atoms with van der Waals surface area (Å²) in [7, 11) is 1.60. The maximum absolute atomic E-state index is 12.2. The third-order valence-electron chi connectivity index (χ3n) is 4.90. The summed E-state index contributed by atoms with van der Waals surface area (Å²) < 4.78 is 5.12. The standard InChI is InChI=1S/C22H30N6O2.HI/c1-3-23-22(28-16-14-27(15-17-28)20-6-4-5-11-24-20)26-13-12-25-21(29)18-7-9-19(30-2)10-8-18;/h4-11H,3,12-17H2,1-2H3,(H,23,26)(H,25,29);1H. The highest BCUT2D eigenvalue weighted by atomic mass is 127. The molecule has 0 radical (unpaired) electrons. The number of carbonyl (C=O) groups excluding carboxylic acids is 1. The number of aromatic nitrogens is 1. The molecule has 1 fully saturated rings. The molecule has 1 aromatic heterocycles. The minimum Gasteiger partial charge on any atom is -0.497 e. The summed E-state index contributed by atoms with van der Waals surface area (Å²) in [6, 6.07) is 13.1. The number of ether oxygens (including phenoxy) is 1. The number of nitrogens with zero attached hydrogens (tertiary/aromatic N) is 4. The van der Waals surface area contributed by atoms with Crippen LogP contribution in [0.25, 0.3) is 0 Å². The SMILES string of the molecule is CCNC(=NCCNC(=O)c1ccc(OC)cc1)N1CCN(c2ccccn2)CC1.I. The van der Waals surface area contributed by atoms with Crippen molar-refractivity contribution in [3.8, 4) is 5.75 Å². The van der Waals surface area contributed by atoms with Crippen molar-refractivity contribution in [1.82, 2.24) is 20.5 Å². The van der Waals surface area contributed by atoms with Gasteiger partial charge in [0.2, 0.25) is 0 Å². The molecule has 2 aromatic rings. The third-order valence-corrected chi connectivity index (χ3v) is 4.90. The molecule has 168 valence electrons. The van der Waals surface area contributed by atoms with Crippen LogP contribution in [0.15, 0.2) is 53.7 Å². The van der Waals surface area contributed by atoms with Crippen molar-refractivity contribution < 1.29 is 9.53 Å². The van der Waals surface area contributed by atoms with E-state index in [0.29, 0.717) is 18.7 Å². The first-order chi connectivity index (χ1) is 14.7. The van der Waals surface area contributed by atoms with Crippen LogP contribution in [0.5, 0.6) is 5.75 Å². The molecular weight excluding hydrogens is 507 g/mol. The minimum absolute atomic E-state index is 0. The molecule has 0 bridgehead atoms. The van der Waals surface area contributed by atoms with E-state index in [1.165, 1.54) is 0 Å². The Kier molecular flexibility index (Phi) is 10.3. The van der Waals surface area contributed by atoms with Crippen LogP contribution in [0, 0.1) is 0 Å². The summed E-state index contributed by atoms with van der Waals surface area (Å²) in [5.41, 5.74) is 0.609. The van der Waals surface area contributed by atoms with Crippen LogP contribution in [0.3, 0.4) is 0 Å². The number of hydrogen-bond donors (Lipinski definition) is 2. The van der Waals surface area contributed by atoms with Gasteiger partial charge < -0.3 is 25.2 Å². The van der Waals surface area contributed by atoms with Crippen LogP contribution in [0.2, 0.25) is 0 Å². The number of aliphatic imine (C=N–C) groups is 1. The number of carbonyl (C=O) groups is 1. The predicted molar refractivity (Wildman–Crippen MR) is 135 cm³/mol. The van der Waals surface area contributed by atoms with Gasteiger partial charge in [-0.15, -0.1) is 24.0 Å². The number of methoxy groups -OCH3 is 1. The molecule has 9 heteroatoms. The van der Waals surface area contributed by atoms with Crippen LogP contribution >= 0.6 is 24.0 Å². The first-order valence-corrected chi connectivity index (χ1v) is 10.3. The number of nitrogens with one attached hydrogen (secondary N) is 2. The number of benzene rings is 1. The molecule has 31 heavy (non-hydrogen) atoms. The highest BCUT2D eigenvalue weighted by molar-refractivity contribution is 14.0. The molecule has 1 saturated heterocycles. The molecule has 2 N–H and O–H groups in total. The smallest absolute Gasteiger partial charge is 0.251 e. The van der Waals surface area contributed by atoms with Gasteiger partial charge >= 0.3 is 0 Å². The lowest BCUT2D eigenvalue weighted by Crippen LogP contribution is -2.52. The highest BCUT2D eigenvalue weighted by Gasteiger charge is 2.20. The Balaban J connectivity index is 0.00000341. The van der Waals surface area contributed by atoms with Crippen LogP contribution in [-0.4, -0.2) is 74.7 Å². The fourth-order valence-corrected chi connectivity index (χ4v) is 3.29. The zero-order valence-corrected chi connectivity index (χ0v) is 20.4. The minimum atomic E-state index is -0.109. The summed E-state index contributed by atoms with van der Waals surface area (Å²) in [5.74, 6) is 2.52. The Bertz CT molecular complexity index is 824. The number of anilines is 1. The van der Waals surface area contributed by atoms with Crippen LogP contribution < -0.4 is 20.3 Å². The van der Waals surface area contributed by atoms with Crippen molar-refractivity contribution in [1.29, 1.82) is 0 Å². The first kappa shape index (κ1) is 24.7. The summed E-state index contributed by atoms with van der Waals surface area (Å²) >= 11 is 0. The van der Waals surface area contributed by atoms with E-state index in [4.69, 9.17) is 9.73 Å². The summed E-state index contributed by atoms with van der Waals surface area (Å²) in [5, 5.41) is 6.27. The topological polar surface area (TPSA) is 82.1 Å². The molecule has 0 spiro atoms. The van der Waals surface area contributed by atoms with E-state index in [0.717, 1.165) is 50.3 Å². The molecule has 0 atom stereocenters. The zero-order valence-electron chi connectivity index (χ0n) is 18.1. The molecule has 0 saturated carbocycles. The van der Waals surface area contributed by atoms with E-state index in [1.807, 2.05) is 24.4 Å². The molecular formula is C22H31IN6O2. The Morgan fingerprint density at radius 2 is 1.84 bits per heavy atom. The van der Waals surface area contributed by atoms with E-state index in [9.17, 15) is 4.79 Å². The summed E-state index contributed by atoms with van der Waals surface area (Å²) in [6.45, 7) is 7.41. The number of pyridine rings is 1. The molecule has 1 amide bonds. The van der Waals surface area contributed by atoms with E-state index in [2.05, 4.69) is 32.3 Å². The molecule has 1 aromatic carbocycles. The van der Waals surface area contributed by atoms with E-state index >= 15 is 0 Å². The van der Waals surface area contributed by atoms with Crippen molar-refractivity contribution in [2.24, 2.45) is 4.99 Å². The Labute approximate surface area is 201 Å².